The maximum absolute atomic E-state index is 11.8. The minimum absolute atomic E-state index is 0.190. The van der Waals surface area contributed by atoms with Crippen LogP contribution >= 0.6 is 27.3 Å². The Morgan fingerprint density at radius 3 is 3.00 bits per heavy atom. The Morgan fingerprint density at radius 2 is 2.39 bits per heavy atom. The molecule has 2 rings (SSSR count). The zero-order valence-corrected chi connectivity index (χ0v) is 12.7. The second-order valence-electron chi connectivity index (χ2n) is 4.70. The first-order chi connectivity index (χ1) is 8.59. The Morgan fingerprint density at radius 1 is 1.56 bits per heavy atom. The summed E-state index contributed by atoms with van der Waals surface area (Å²) in [4.78, 5) is 11.8. The van der Waals surface area contributed by atoms with E-state index in [4.69, 9.17) is 4.74 Å². The Hall–Kier alpha value is -0.590. The Bertz CT molecular complexity index is 416. The number of amides is 2. The molecule has 4 nitrogen and oxygen atoms in total. The van der Waals surface area contributed by atoms with Crippen LogP contribution in [-0.4, -0.2) is 24.8 Å². The fourth-order valence-corrected chi connectivity index (χ4v) is 3.26. The first kappa shape index (κ1) is 13.8. The van der Waals surface area contributed by atoms with E-state index in [9.17, 15) is 4.79 Å². The lowest BCUT2D eigenvalue weighted by Crippen LogP contribution is -2.45. The lowest BCUT2D eigenvalue weighted by Gasteiger charge is -2.33. The number of hydrogen-bond donors (Lipinski definition) is 2. The summed E-state index contributed by atoms with van der Waals surface area (Å²) < 4.78 is 6.63. The first-order valence-electron chi connectivity index (χ1n) is 6.00. The Labute approximate surface area is 119 Å². The summed E-state index contributed by atoms with van der Waals surface area (Å²) >= 11 is 4.92. The van der Waals surface area contributed by atoms with Crippen molar-refractivity contribution < 1.29 is 9.53 Å². The van der Waals surface area contributed by atoms with Gasteiger partial charge in [0.15, 0.2) is 0 Å². The van der Waals surface area contributed by atoms with Gasteiger partial charge in [0, 0.05) is 23.9 Å². The van der Waals surface area contributed by atoms with Crippen LogP contribution in [0.1, 0.15) is 26.2 Å². The highest BCUT2D eigenvalue weighted by molar-refractivity contribution is 9.10. The van der Waals surface area contributed by atoms with Crippen LogP contribution in [0, 0.1) is 0 Å². The summed E-state index contributed by atoms with van der Waals surface area (Å²) in [7, 11) is 0. The van der Waals surface area contributed by atoms with Crippen molar-refractivity contribution >= 4 is 39.0 Å². The maximum Gasteiger partial charge on any atom is 0.319 e. The van der Waals surface area contributed by atoms with Gasteiger partial charge in [-0.3, -0.25) is 0 Å². The molecule has 18 heavy (non-hydrogen) atoms. The van der Waals surface area contributed by atoms with Gasteiger partial charge in [0.1, 0.15) is 0 Å². The molecular weight excluding hydrogens is 316 g/mol. The van der Waals surface area contributed by atoms with Crippen LogP contribution in [0.15, 0.2) is 15.2 Å². The van der Waals surface area contributed by atoms with E-state index in [1.165, 1.54) is 11.3 Å². The molecule has 0 bridgehead atoms. The van der Waals surface area contributed by atoms with Gasteiger partial charge in [0.2, 0.25) is 0 Å². The molecule has 1 unspecified atom stereocenters. The molecule has 6 heteroatoms. The highest BCUT2D eigenvalue weighted by Crippen LogP contribution is 2.26. The maximum atomic E-state index is 11.8. The molecule has 1 atom stereocenters. The number of nitrogens with one attached hydrogen (secondary N) is 2. The van der Waals surface area contributed by atoms with Gasteiger partial charge in [-0.1, -0.05) is 0 Å². The molecular formula is C12H17BrN2O2S. The summed E-state index contributed by atoms with van der Waals surface area (Å²) in [5, 5.41) is 9.50. The fourth-order valence-electron chi connectivity index (χ4n) is 1.94. The van der Waals surface area contributed by atoms with Crippen LogP contribution in [0.4, 0.5) is 10.5 Å². The van der Waals surface area contributed by atoms with Crippen LogP contribution in [0.2, 0.25) is 0 Å². The quantitative estimate of drug-likeness (QED) is 0.888. The predicted octanol–water partition coefficient (Wildman–Crippen LogP) is 3.59. The molecule has 0 radical (unpaired) electrons. The highest BCUT2D eigenvalue weighted by Gasteiger charge is 2.28. The number of halogens is 1. The summed E-state index contributed by atoms with van der Waals surface area (Å²) in [5.74, 6) is 0. The zero-order valence-electron chi connectivity index (χ0n) is 10.3. The van der Waals surface area contributed by atoms with Crippen molar-refractivity contribution in [2.45, 2.75) is 31.8 Å². The lowest BCUT2D eigenvalue weighted by atomic mass is 9.96. The standard InChI is InChI=1S/C12H17BrN2O2S/c1-12(4-2-3-5-17-12)8-14-11(16)15-10-7-18-6-9(10)13/h6-7H,2-5,8H2,1H3,(H2,14,15,16). The molecule has 2 heterocycles. The normalized spacial score (nSPS) is 23.7. The molecule has 2 N–H and O–H groups in total. The number of carbonyl (C=O) groups excluding carboxylic acids is 1. The molecule has 0 aliphatic carbocycles. The fraction of sp³-hybridized carbons (Fsp3) is 0.583. The van der Waals surface area contributed by atoms with E-state index in [0.29, 0.717) is 6.54 Å². The smallest absolute Gasteiger partial charge is 0.319 e. The third-order valence-corrected chi connectivity index (χ3v) is 4.74. The average molecular weight is 333 g/mol. The van der Waals surface area contributed by atoms with Crippen LogP contribution in [0.3, 0.4) is 0 Å². The third-order valence-electron chi connectivity index (χ3n) is 3.04. The number of ether oxygens (including phenoxy) is 1. The van der Waals surface area contributed by atoms with Crippen molar-refractivity contribution in [1.29, 1.82) is 0 Å². The minimum atomic E-state index is -0.221. The number of carbonyl (C=O) groups is 1. The van der Waals surface area contributed by atoms with Gasteiger partial charge in [0.25, 0.3) is 0 Å². The largest absolute Gasteiger partial charge is 0.373 e. The second kappa shape index (κ2) is 6.04. The topological polar surface area (TPSA) is 50.4 Å². The second-order valence-corrected chi connectivity index (χ2v) is 6.29. The molecule has 1 saturated heterocycles. The first-order valence-corrected chi connectivity index (χ1v) is 7.73. The molecule has 100 valence electrons. The summed E-state index contributed by atoms with van der Waals surface area (Å²) in [6.07, 6.45) is 3.27. The van der Waals surface area contributed by atoms with Crippen molar-refractivity contribution in [2.75, 3.05) is 18.5 Å². The average Bonchev–Trinajstić information content (AvgIpc) is 2.74. The molecule has 1 fully saturated rings. The lowest BCUT2D eigenvalue weighted by molar-refractivity contribution is -0.0612. The highest BCUT2D eigenvalue weighted by atomic mass is 79.9. The number of urea groups is 1. The Kier molecular flexibility index (Phi) is 4.64. The van der Waals surface area contributed by atoms with E-state index in [0.717, 1.165) is 36.0 Å². The van der Waals surface area contributed by atoms with Crippen molar-refractivity contribution in [1.82, 2.24) is 5.32 Å². The van der Waals surface area contributed by atoms with E-state index < -0.39 is 0 Å². The molecule has 1 aliphatic heterocycles. The van der Waals surface area contributed by atoms with Crippen LogP contribution in [0.5, 0.6) is 0 Å². The van der Waals surface area contributed by atoms with E-state index >= 15 is 0 Å². The van der Waals surface area contributed by atoms with Crippen molar-refractivity contribution in [3.63, 3.8) is 0 Å². The number of anilines is 1. The molecule has 0 saturated carbocycles. The van der Waals surface area contributed by atoms with Crippen LogP contribution in [-0.2, 0) is 4.74 Å². The third kappa shape index (κ3) is 3.70. The molecule has 0 spiro atoms. The molecule has 1 aliphatic rings. The van der Waals surface area contributed by atoms with Gasteiger partial charge in [-0.2, -0.15) is 0 Å². The van der Waals surface area contributed by atoms with Gasteiger partial charge in [-0.15, -0.1) is 11.3 Å². The van der Waals surface area contributed by atoms with E-state index in [2.05, 4.69) is 26.6 Å². The number of thiophene rings is 1. The van der Waals surface area contributed by atoms with E-state index in [1.54, 1.807) is 0 Å². The zero-order chi connectivity index (χ0) is 13.0. The van der Waals surface area contributed by atoms with Crippen molar-refractivity contribution in [3.8, 4) is 0 Å². The summed E-state index contributed by atoms with van der Waals surface area (Å²) in [6.45, 7) is 3.38. The Balaban J connectivity index is 1.79. The number of hydrogen-bond acceptors (Lipinski definition) is 3. The molecule has 2 amide bonds. The summed E-state index contributed by atoms with van der Waals surface area (Å²) in [6, 6.07) is -0.190. The summed E-state index contributed by atoms with van der Waals surface area (Å²) in [5.41, 5.74) is 0.578. The minimum Gasteiger partial charge on any atom is -0.373 e. The number of rotatable bonds is 3. The van der Waals surface area contributed by atoms with Gasteiger partial charge < -0.3 is 15.4 Å². The van der Waals surface area contributed by atoms with E-state index in [1.807, 2.05) is 17.7 Å². The van der Waals surface area contributed by atoms with Crippen LogP contribution in [0.25, 0.3) is 0 Å². The van der Waals surface area contributed by atoms with Gasteiger partial charge in [-0.05, 0) is 42.1 Å². The van der Waals surface area contributed by atoms with Crippen molar-refractivity contribution in [3.05, 3.63) is 15.2 Å². The van der Waals surface area contributed by atoms with E-state index in [-0.39, 0.29) is 11.6 Å². The van der Waals surface area contributed by atoms with Gasteiger partial charge in [0.05, 0.1) is 15.8 Å². The van der Waals surface area contributed by atoms with Gasteiger partial charge in [-0.25, -0.2) is 4.79 Å². The molecule has 1 aromatic rings. The van der Waals surface area contributed by atoms with Gasteiger partial charge >= 0.3 is 6.03 Å². The van der Waals surface area contributed by atoms with Crippen molar-refractivity contribution in [2.24, 2.45) is 0 Å². The molecule has 1 aromatic heterocycles. The molecule has 0 aromatic carbocycles. The van der Waals surface area contributed by atoms with Crippen LogP contribution < -0.4 is 10.6 Å². The monoisotopic (exact) mass is 332 g/mol. The SMILES string of the molecule is CC1(CNC(=O)Nc2cscc2Br)CCCCO1. The predicted molar refractivity (Wildman–Crippen MR) is 77.2 cm³/mol.